The van der Waals surface area contributed by atoms with Gasteiger partial charge in [0.15, 0.2) is 0 Å². The molecule has 0 aromatic carbocycles. The molecule has 76 valence electrons. The second kappa shape index (κ2) is 3.89. The van der Waals surface area contributed by atoms with Gasteiger partial charge in [-0.3, -0.25) is 4.98 Å². The first kappa shape index (κ1) is 9.97. The van der Waals surface area contributed by atoms with E-state index in [9.17, 15) is 0 Å². The fourth-order valence-electron chi connectivity index (χ4n) is 2.28. The van der Waals surface area contributed by atoms with Crippen molar-refractivity contribution in [3.63, 3.8) is 0 Å². The molecule has 1 aliphatic carbocycles. The Hall–Kier alpha value is -0.570. The Bertz CT molecular complexity index is 327. The second-order valence-electron chi connectivity index (χ2n) is 4.06. The average molecular weight is 255 g/mol. The van der Waals surface area contributed by atoms with Crippen molar-refractivity contribution in [3.05, 3.63) is 24.0 Å². The number of halogens is 1. The zero-order valence-electron chi connectivity index (χ0n) is 8.28. The lowest BCUT2D eigenvalue weighted by molar-refractivity contribution is 0.544. The summed E-state index contributed by atoms with van der Waals surface area (Å²) < 4.78 is 0. The van der Waals surface area contributed by atoms with Crippen molar-refractivity contribution in [1.82, 2.24) is 4.98 Å². The van der Waals surface area contributed by atoms with Gasteiger partial charge in [0.2, 0.25) is 0 Å². The van der Waals surface area contributed by atoms with Crippen LogP contribution in [0.5, 0.6) is 0 Å². The van der Waals surface area contributed by atoms with E-state index in [4.69, 9.17) is 5.73 Å². The van der Waals surface area contributed by atoms with Crippen LogP contribution in [-0.4, -0.2) is 9.81 Å². The van der Waals surface area contributed by atoms with Crippen LogP contribution < -0.4 is 5.73 Å². The molecular formula is C11H15BrN2. The topological polar surface area (TPSA) is 38.9 Å². The Labute approximate surface area is 93.0 Å². The molecule has 0 amide bonds. The van der Waals surface area contributed by atoms with Gasteiger partial charge in [-0.25, -0.2) is 0 Å². The molecule has 2 N–H and O–H groups in total. The molecular weight excluding hydrogens is 240 g/mol. The molecule has 1 heterocycles. The molecule has 1 aromatic heterocycles. The predicted molar refractivity (Wildman–Crippen MR) is 62.5 cm³/mol. The van der Waals surface area contributed by atoms with Gasteiger partial charge < -0.3 is 5.73 Å². The highest BCUT2D eigenvalue weighted by molar-refractivity contribution is 9.09. The highest BCUT2D eigenvalue weighted by Crippen LogP contribution is 2.44. The molecule has 1 aromatic rings. The van der Waals surface area contributed by atoms with E-state index < -0.39 is 0 Å². The lowest BCUT2D eigenvalue weighted by atomic mass is 9.90. The van der Waals surface area contributed by atoms with E-state index in [1.807, 2.05) is 12.3 Å². The smallest absolute Gasteiger partial charge is 0.0380 e. The number of nitrogen functional groups attached to an aromatic ring is 1. The van der Waals surface area contributed by atoms with Gasteiger partial charge in [-0.05, 0) is 36.3 Å². The van der Waals surface area contributed by atoms with Gasteiger partial charge in [0.25, 0.3) is 0 Å². The third-order valence-corrected chi connectivity index (χ3v) is 4.54. The number of alkyl halides is 1. The maximum Gasteiger partial charge on any atom is 0.0380 e. The first-order chi connectivity index (χ1) is 6.70. The molecule has 2 nitrogen and oxygen atoms in total. The number of aromatic nitrogens is 1. The minimum absolute atomic E-state index is 0.577. The maximum absolute atomic E-state index is 5.95. The lowest BCUT2D eigenvalue weighted by Crippen LogP contribution is -2.11. The van der Waals surface area contributed by atoms with Crippen LogP contribution in [0.2, 0.25) is 0 Å². The van der Waals surface area contributed by atoms with Crippen LogP contribution in [0.15, 0.2) is 18.5 Å². The summed E-state index contributed by atoms with van der Waals surface area (Å²) in [4.78, 5) is 4.79. The van der Waals surface area contributed by atoms with Gasteiger partial charge in [0.05, 0.1) is 0 Å². The Morgan fingerprint density at radius 3 is 2.86 bits per heavy atom. The Morgan fingerprint density at radius 1 is 1.50 bits per heavy atom. The number of pyridine rings is 1. The molecule has 0 aliphatic heterocycles. The zero-order valence-corrected chi connectivity index (χ0v) is 9.87. The summed E-state index contributed by atoms with van der Waals surface area (Å²) in [5.41, 5.74) is 8.06. The Morgan fingerprint density at radius 2 is 2.29 bits per heavy atom. The first-order valence-electron chi connectivity index (χ1n) is 5.03. The maximum atomic E-state index is 5.95. The fourth-order valence-corrected chi connectivity index (χ4v) is 2.92. The van der Waals surface area contributed by atoms with Crippen LogP contribution in [-0.2, 0) is 0 Å². The van der Waals surface area contributed by atoms with Gasteiger partial charge >= 0.3 is 0 Å². The van der Waals surface area contributed by atoms with Crippen molar-refractivity contribution < 1.29 is 0 Å². The number of hydrogen-bond donors (Lipinski definition) is 1. The van der Waals surface area contributed by atoms with Crippen LogP contribution in [0, 0.1) is 5.92 Å². The summed E-state index contributed by atoms with van der Waals surface area (Å²) >= 11 is 3.70. The minimum atomic E-state index is 0.577. The van der Waals surface area contributed by atoms with Gasteiger partial charge in [-0.2, -0.15) is 0 Å². The molecule has 0 bridgehead atoms. The summed E-state index contributed by atoms with van der Waals surface area (Å²) in [7, 11) is 0. The fraction of sp³-hybridized carbons (Fsp3) is 0.545. The van der Waals surface area contributed by atoms with E-state index in [1.54, 1.807) is 6.20 Å². The predicted octanol–water partition coefficient (Wildman–Crippen LogP) is 2.94. The van der Waals surface area contributed by atoms with Gasteiger partial charge in [-0.15, -0.1) is 0 Å². The molecule has 2 rings (SSSR count). The summed E-state index contributed by atoms with van der Waals surface area (Å²) in [5.74, 6) is 1.23. The average Bonchev–Trinajstić information content (AvgIpc) is 2.49. The van der Waals surface area contributed by atoms with Crippen LogP contribution in [0.1, 0.15) is 31.2 Å². The van der Waals surface area contributed by atoms with Crippen molar-refractivity contribution in [2.75, 3.05) is 5.73 Å². The van der Waals surface area contributed by atoms with Crippen molar-refractivity contribution in [1.29, 1.82) is 0 Å². The van der Waals surface area contributed by atoms with Crippen molar-refractivity contribution in [3.8, 4) is 0 Å². The number of nitrogens with zero attached hydrogens (tertiary/aromatic N) is 1. The monoisotopic (exact) mass is 254 g/mol. The largest absolute Gasteiger partial charge is 0.398 e. The van der Waals surface area contributed by atoms with E-state index in [1.165, 1.54) is 18.4 Å². The molecule has 14 heavy (non-hydrogen) atoms. The summed E-state index contributed by atoms with van der Waals surface area (Å²) in [6.45, 7) is 2.28. The molecule has 1 aliphatic rings. The van der Waals surface area contributed by atoms with Crippen molar-refractivity contribution in [2.45, 2.75) is 30.5 Å². The Balaban J connectivity index is 2.28. The number of hydrogen-bond acceptors (Lipinski definition) is 2. The van der Waals surface area contributed by atoms with E-state index in [0.717, 1.165) is 5.69 Å². The van der Waals surface area contributed by atoms with Crippen molar-refractivity contribution >= 4 is 21.6 Å². The van der Waals surface area contributed by atoms with Crippen molar-refractivity contribution in [2.24, 2.45) is 5.92 Å². The molecule has 3 unspecified atom stereocenters. The number of nitrogens with two attached hydrogens (primary N) is 1. The molecule has 3 atom stereocenters. The summed E-state index contributed by atoms with van der Waals surface area (Å²) in [5, 5.41) is 0. The quantitative estimate of drug-likeness (QED) is 0.783. The molecule has 1 fully saturated rings. The van der Waals surface area contributed by atoms with Crippen LogP contribution in [0.4, 0.5) is 5.69 Å². The van der Waals surface area contributed by atoms with E-state index in [2.05, 4.69) is 27.8 Å². The molecule has 1 saturated carbocycles. The molecule has 3 heteroatoms. The van der Waals surface area contributed by atoms with E-state index in [0.29, 0.717) is 16.7 Å². The number of anilines is 1. The van der Waals surface area contributed by atoms with Crippen LogP contribution in [0.25, 0.3) is 0 Å². The number of rotatable bonds is 1. The standard InChI is InChI=1S/C11H15BrN2/c1-7-8(2-3-10(7)12)9-6-14-5-4-11(9)13/h4-8,10H,2-3H2,1H3,(H2,13,14). The zero-order chi connectivity index (χ0) is 10.1. The Kier molecular flexibility index (Phi) is 2.77. The van der Waals surface area contributed by atoms with Crippen LogP contribution in [0.3, 0.4) is 0 Å². The van der Waals surface area contributed by atoms with E-state index >= 15 is 0 Å². The van der Waals surface area contributed by atoms with Crippen LogP contribution >= 0.6 is 15.9 Å². The molecule has 0 saturated heterocycles. The van der Waals surface area contributed by atoms with Gasteiger partial charge in [0, 0.05) is 22.9 Å². The highest BCUT2D eigenvalue weighted by Gasteiger charge is 2.32. The van der Waals surface area contributed by atoms with Gasteiger partial charge in [0.1, 0.15) is 0 Å². The highest BCUT2D eigenvalue weighted by atomic mass is 79.9. The summed E-state index contributed by atoms with van der Waals surface area (Å²) in [6.07, 6.45) is 6.12. The molecule has 0 radical (unpaired) electrons. The minimum Gasteiger partial charge on any atom is -0.398 e. The SMILES string of the molecule is CC1C(Br)CCC1c1cnccc1N. The third-order valence-electron chi connectivity index (χ3n) is 3.25. The van der Waals surface area contributed by atoms with Gasteiger partial charge in [-0.1, -0.05) is 22.9 Å². The lowest BCUT2D eigenvalue weighted by Gasteiger charge is -2.18. The third kappa shape index (κ3) is 1.65. The molecule has 0 spiro atoms. The van der Waals surface area contributed by atoms with E-state index in [-0.39, 0.29) is 0 Å². The summed E-state index contributed by atoms with van der Waals surface area (Å²) in [6, 6.07) is 1.89. The second-order valence-corrected chi connectivity index (χ2v) is 5.24. The normalized spacial score (nSPS) is 32.0. The first-order valence-corrected chi connectivity index (χ1v) is 5.95.